The first-order valence-electron chi connectivity index (χ1n) is 21.4. The third-order valence-electron chi connectivity index (χ3n) is 12.7. The van der Waals surface area contributed by atoms with E-state index in [0.29, 0.717) is 49.3 Å². The maximum Gasteiger partial charge on any atom is 0.254 e. The number of aliphatic hydroxyl groups excluding tert-OH is 2. The normalized spacial score (nSPS) is 23.8. The molecule has 7 rings (SSSR count). The Labute approximate surface area is 349 Å². The van der Waals surface area contributed by atoms with Gasteiger partial charge in [-0.15, -0.1) is 6.58 Å². The Kier molecular flexibility index (Phi) is 13.6. The van der Waals surface area contributed by atoms with Crippen molar-refractivity contribution in [3.63, 3.8) is 0 Å². The largest absolute Gasteiger partial charge is 0.459 e. The quantitative estimate of drug-likeness (QED) is 0.0586. The molecule has 0 saturated heterocycles. The Morgan fingerprint density at radius 3 is 2.41 bits per heavy atom. The van der Waals surface area contributed by atoms with E-state index in [2.05, 4.69) is 57.7 Å². The highest BCUT2D eigenvalue weighted by atomic mass is 16.7. The minimum absolute atomic E-state index is 0.103. The summed E-state index contributed by atoms with van der Waals surface area (Å²) >= 11 is 0. The van der Waals surface area contributed by atoms with Crippen LogP contribution in [0.25, 0.3) is 10.8 Å². The number of rotatable bonds is 18. The van der Waals surface area contributed by atoms with Crippen LogP contribution in [0, 0.1) is 31.6 Å². The zero-order valence-electron chi connectivity index (χ0n) is 35.1. The van der Waals surface area contributed by atoms with Crippen LogP contribution in [-0.2, 0) is 9.57 Å². The highest BCUT2D eigenvalue weighted by molar-refractivity contribution is 6.04. The van der Waals surface area contributed by atoms with Crippen molar-refractivity contribution < 1.29 is 34.1 Å². The van der Waals surface area contributed by atoms with E-state index in [1.807, 2.05) is 59.5 Å². The minimum atomic E-state index is -1.33. The van der Waals surface area contributed by atoms with Crippen molar-refractivity contribution in [2.45, 2.75) is 89.9 Å². The second kappa shape index (κ2) is 19.0. The minimum Gasteiger partial charge on any atom is -0.459 e. The molecule has 4 aromatic rings. The van der Waals surface area contributed by atoms with E-state index in [0.717, 1.165) is 64.6 Å². The maximum atomic E-state index is 15.1. The third kappa shape index (κ3) is 8.56. The molecule has 2 N–H and O–H groups in total. The van der Waals surface area contributed by atoms with Crippen LogP contribution in [0.5, 0.6) is 17.2 Å². The van der Waals surface area contributed by atoms with Gasteiger partial charge in [0.05, 0.1) is 18.2 Å². The van der Waals surface area contributed by atoms with E-state index in [1.54, 1.807) is 13.2 Å². The molecule has 1 heterocycles. The summed E-state index contributed by atoms with van der Waals surface area (Å²) in [4.78, 5) is 22.6. The smallest absolute Gasteiger partial charge is 0.254 e. The SMILES string of the molecule is C=CCO[C@@]12Oc3ccc(Oc4ccc(C)c(C)c4)cc3[C@H]3[C@H](CCCCO)[C@@H](CCCCO)C=C(C(=NOC)C[C@@H]1N(CCC)C(=O)c1ccc4ccccc4c1)[C@H]32. The molecule has 0 bridgehead atoms. The molecule has 1 fully saturated rings. The number of carbonyl (C=O) groups is 1. The average molecular weight is 801 g/mol. The standard InChI is InChI=1S/C50H60N2O7/c1-6-24-52(49(55)38-20-19-35-14-8-9-15-36(35)29-38)46-32-44(51-56-5)42-30-37(16-10-12-25-53)41(17-11-13-26-54)47-43-31-40(58-39-21-18-33(3)34(4)28-39)22-23-45(43)59-50(46,48(42)47)57-27-7-2/h7-9,14-15,18-23,28-31,37,41,46-48,53-54H,2,6,10-13,16-17,24-27,32H2,1,3-5H3/t37-,41+,46-,47+,48+,50+/m0/s1. The fourth-order valence-corrected chi connectivity index (χ4v) is 9.86. The lowest BCUT2D eigenvalue weighted by molar-refractivity contribution is -0.254. The average Bonchev–Trinajstić information content (AvgIpc) is 3.25. The zero-order valence-corrected chi connectivity index (χ0v) is 35.1. The maximum absolute atomic E-state index is 15.1. The van der Waals surface area contributed by atoms with Crippen LogP contribution in [0.3, 0.4) is 0 Å². The van der Waals surface area contributed by atoms with E-state index in [1.165, 1.54) is 5.56 Å². The first-order chi connectivity index (χ1) is 28.8. The molecular weight excluding hydrogens is 741 g/mol. The van der Waals surface area contributed by atoms with Crippen LogP contribution < -0.4 is 9.47 Å². The fourth-order valence-electron chi connectivity index (χ4n) is 9.86. The van der Waals surface area contributed by atoms with Crippen molar-refractivity contribution >= 4 is 22.4 Å². The molecular formula is C50H60N2O7. The molecule has 59 heavy (non-hydrogen) atoms. The molecule has 6 atom stereocenters. The Hall–Kier alpha value is -4.96. The molecule has 4 aromatic carbocycles. The van der Waals surface area contributed by atoms with Gasteiger partial charge in [-0.1, -0.05) is 73.5 Å². The summed E-state index contributed by atoms with van der Waals surface area (Å²) in [7, 11) is 1.57. The van der Waals surface area contributed by atoms with Gasteiger partial charge in [0.1, 0.15) is 30.4 Å². The van der Waals surface area contributed by atoms with E-state index in [4.69, 9.17) is 24.2 Å². The molecule has 2 aliphatic carbocycles. The molecule has 9 nitrogen and oxygen atoms in total. The lowest BCUT2D eigenvalue weighted by atomic mass is 9.55. The van der Waals surface area contributed by atoms with E-state index < -0.39 is 17.7 Å². The first kappa shape index (κ1) is 42.2. The van der Waals surface area contributed by atoms with Crippen molar-refractivity contribution in [2.24, 2.45) is 22.9 Å². The van der Waals surface area contributed by atoms with Gasteiger partial charge in [0, 0.05) is 43.2 Å². The van der Waals surface area contributed by atoms with E-state index in [-0.39, 0.29) is 43.5 Å². The number of fused-ring (bicyclic) bond motifs is 3. The molecule has 1 aliphatic heterocycles. The van der Waals surface area contributed by atoms with Crippen LogP contribution in [0.4, 0.5) is 0 Å². The van der Waals surface area contributed by atoms with Crippen molar-refractivity contribution in [3.8, 4) is 17.2 Å². The van der Waals surface area contributed by atoms with Crippen LogP contribution in [0.2, 0.25) is 0 Å². The number of allylic oxidation sites excluding steroid dienone is 1. The number of aliphatic hydroxyl groups is 2. The van der Waals surface area contributed by atoms with Gasteiger partial charge >= 0.3 is 0 Å². The number of hydrogen-bond acceptors (Lipinski definition) is 8. The van der Waals surface area contributed by atoms with Crippen molar-refractivity contribution in [2.75, 3.05) is 33.5 Å². The second-order valence-electron chi connectivity index (χ2n) is 16.4. The Morgan fingerprint density at radius 2 is 1.68 bits per heavy atom. The molecule has 1 amide bonds. The molecule has 9 heteroatoms. The highest BCUT2D eigenvalue weighted by Crippen LogP contribution is 2.62. The van der Waals surface area contributed by atoms with Crippen molar-refractivity contribution in [3.05, 3.63) is 125 Å². The summed E-state index contributed by atoms with van der Waals surface area (Å²) in [5, 5.41) is 26.6. The number of hydrogen-bond donors (Lipinski definition) is 2. The van der Waals surface area contributed by atoms with Gasteiger partial charge in [0.2, 0.25) is 5.79 Å². The second-order valence-corrected chi connectivity index (χ2v) is 16.4. The number of carbonyl (C=O) groups excluding carboxylic acids is 1. The van der Waals surface area contributed by atoms with Crippen LogP contribution in [0.1, 0.15) is 91.3 Å². The van der Waals surface area contributed by atoms with Gasteiger partial charge in [-0.25, -0.2) is 0 Å². The van der Waals surface area contributed by atoms with Crippen LogP contribution in [0.15, 0.2) is 108 Å². The van der Waals surface area contributed by atoms with E-state index >= 15 is 4.79 Å². The van der Waals surface area contributed by atoms with Gasteiger partial charge in [-0.3, -0.25) is 4.79 Å². The number of amides is 1. The van der Waals surface area contributed by atoms with Gasteiger partial charge < -0.3 is 34.2 Å². The van der Waals surface area contributed by atoms with Crippen LogP contribution >= 0.6 is 0 Å². The summed E-state index contributed by atoms with van der Waals surface area (Å²) < 4.78 is 21.1. The number of aryl methyl sites for hydroxylation is 2. The van der Waals surface area contributed by atoms with Gasteiger partial charge in [-0.2, -0.15) is 0 Å². The van der Waals surface area contributed by atoms with Crippen LogP contribution in [-0.4, -0.2) is 72.0 Å². The molecule has 312 valence electrons. The lowest BCUT2D eigenvalue weighted by Gasteiger charge is -2.60. The summed E-state index contributed by atoms with van der Waals surface area (Å²) in [6, 6.07) is 25.6. The lowest BCUT2D eigenvalue weighted by Crippen LogP contribution is -2.70. The molecule has 0 spiro atoms. The summed E-state index contributed by atoms with van der Waals surface area (Å²) in [6.07, 6.45) is 10.00. The van der Waals surface area contributed by atoms with Crippen molar-refractivity contribution in [1.29, 1.82) is 0 Å². The molecule has 0 radical (unpaired) electrons. The third-order valence-corrected chi connectivity index (χ3v) is 12.7. The van der Waals surface area contributed by atoms with Crippen molar-refractivity contribution in [1.82, 2.24) is 4.90 Å². The number of ether oxygens (including phenoxy) is 3. The predicted octanol–water partition coefficient (Wildman–Crippen LogP) is 10.1. The number of nitrogens with zero attached hydrogens (tertiary/aromatic N) is 2. The summed E-state index contributed by atoms with van der Waals surface area (Å²) in [6.45, 7) is 11.2. The molecule has 3 aliphatic rings. The van der Waals surface area contributed by atoms with E-state index in [9.17, 15) is 10.2 Å². The topological polar surface area (TPSA) is 110 Å². The zero-order chi connectivity index (χ0) is 41.5. The van der Waals surface area contributed by atoms with Gasteiger partial charge in [0.25, 0.3) is 5.91 Å². The van der Waals surface area contributed by atoms with Gasteiger partial charge in [0.15, 0.2) is 0 Å². The summed E-state index contributed by atoms with van der Waals surface area (Å²) in [5.41, 5.74) is 5.73. The number of unbranched alkanes of at least 4 members (excludes halogenated alkanes) is 2. The summed E-state index contributed by atoms with van der Waals surface area (Å²) in [5.74, 6) is 0.430. The van der Waals surface area contributed by atoms with Gasteiger partial charge in [-0.05, 0) is 128 Å². The number of benzene rings is 4. The molecule has 0 aromatic heterocycles. The Balaban J connectivity index is 1.43. The highest BCUT2D eigenvalue weighted by Gasteiger charge is 2.65. The Morgan fingerprint density at radius 1 is 0.932 bits per heavy atom. The monoisotopic (exact) mass is 800 g/mol. The first-order valence-corrected chi connectivity index (χ1v) is 21.4. The fraction of sp³-hybridized carbons (Fsp3) is 0.440. The number of oxime groups is 1. The molecule has 0 unspecified atom stereocenters. The Bertz CT molecular complexity index is 2180. The predicted molar refractivity (Wildman–Crippen MR) is 233 cm³/mol. The molecule has 1 saturated carbocycles.